The van der Waals surface area contributed by atoms with Crippen molar-refractivity contribution in [3.63, 3.8) is 0 Å². The molecule has 0 spiro atoms. The monoisotopic (exact) mass is 459 g/mol. The van der Waals surface area contributed by atoms with E-state index >= 15 is 0 Å². The number of nitrogens with one attached hydrogen (secondary N) is 1. The van der Waals surface area contributed by atoms with E-state index in [-0.39, 0.29) is 23.6 Å². The van der Waals surface area contributed by atoms with Crippen molar-refractivity contribution in [3.05, 3.63) is 119 Å². The third-order valence-corrected chi connectivity index (χ3v) is 6.13. The molecule has 0 radical (unpaired) electrons. The highest BCUT2D eigenvalue weighted by molar-refractivity contribution is 6.35. The van der Waals surface area contributed by atoms with Crippen molar-refractivity contribution in [2.75, 3.05) is 15.1 Å². The number of fused-ring (bicyclic) bond motifs is 2. The Balaban J connectivity index is 1.18. The first-order chi connectivity index (χ1) is 17.0. The molecule has 0 fully saturated rings. The molecule has 2 aliphatic heterocycles. The van der Waals surface area contributed by atoms with Crippen LogP contribution in [-0.2, 0) is 0 Å². The first-order valence-corrected chi connectivity index (χ1v) is 11.0. The number of anilines is 4. The number of benzene rings is 4. The fourth-order valence-corrected chi connectivity index (χ4v) is 4.40. The minimum atomic E-state index is -0.338. The van der Waals surface area contributed by atoms with Gasteiger partial charge in [-0.3, -0.25) is 19.2 Å². The Morgan fingerprint density at radius 1 is 0.400 bits per heavy atom. The van der Waals surface area contributed by atoms with Crippen molar-refractivity contribution in [1.29, 1.82) is 0 Å². The van der Waals surface area contributed by atoms with Gasteiger partial charge in [-0.2, -0.15) is 0 Å². The van der Waals surface area contributed by atoms with E-state index in [0.717, 1.165) is 11.4 Å². The van der Waals surface area contributed by atoms with Crippen LogP contribution in [0.3, 0.4) is 0 Å². The van der Waals surface area contributed by atoms with E-state index in [4.69, 9.17) is 0 Å². The average Bonchev–Trinajstić information content (AvgIpc) is 3.30. The Morgan fingerprint density at radius 3 is 0.971 bits per heavy atom. The maximum absolute atomic E-state index is 12.7. The molecule has 0 bridgehead atoms. The number of amides is 4. The van der Waals surface area contributed by atoms with Crippen LogP contribution in [-0.4, -0.2) is 23.6 Å². The highest BCUT2D eigenvalue weighted by Crippen LogP contribution is 2.31. The second-order valence-corrected chi connectivity index (χ2v) is 8.20. The van der Waals surface area contributed by atoms with Gasteiger partial charge in [-0.1, -0.05) is 24.3 Å². The summed E-state index contributed by atoms with van der Waals surface area (Å²) in [4.78, 5) is 53.1. The zero-order valence-corrected chi connectivity index (χ0v) is 18.3. The average molecular weight is 459 g/mol. The summed E-state index contributed by atoms with van der Waals surface area (Å²) in [6.45, 7) is 0. The van der Waals surface area contributed by atoms with Gasteiger partial charge in [0.05, 0.1) is 33.6 Å². The van der Waals surface area contributed by atoms with Gasteiger partial charge in [-0.15, -0.1) is 0 Å². The molecule has 7 nitrogen and oxygen atoms in total. The lowest BCUT2D eigenvalue weighted by atomic mass is 10.1. The van der Waals surface area contributed by atoms with E-state index in [1.165, 1.54) is 9.80 Å². The van der Waals surface area contributed by atoms with Gasteiger partial charge in [0.25, 0.3) is 23.6 Å². The predicted molar refractivity (Wildman–Crippen MR) is 131 cm³/mol. The molecule has 168 valence electrons. The van der Waals surface area contributed by atoms with E-state index in [2.05, 4.69) is 5.32 Å². The van der Waals surface area contributed by atoms with E-state index in [0.29, 0.717) is 33.6 Å². The van der Waals surface area contributed by atoms with Crippen molar-refractivity contribution in [2.24, 2.45) is 0 Å². The molecule has 2 aliphatic rings. The molecular weight excluding hydrogens is 442 g/mol. The smallest absolute Gasteiger partial charge is 0.266 e. The van der Waals surface area contributed by atoms with Crippen molar-refractivity contribution in [3.8, 4) is 0 Å². The molecule has 0 aliphatic carbocycles. The second-order valence-electron chi connectivity index (χ2n) is 8.20. The molecule has 0 saturated carbocycles. The van der Waals surface area contributed by atoms with Gasteiger partial charge in [-0.05, 0) is 72.8 Å². The number of carbonyl (C=O) groups is 4. The molecule has 0 saturated heterocycles. The number of hydrogen-bond donors (Lipinski definition) is 1. The molecule has 4 aromatic carbocycles. The maximum atomic E-state index is 12.7. The first-order valence-electron chi connectivity index (χ1n) is 11.0. The Labute approximate surface area is 200 Å². The van der Waals surface area contributed by atoms with Crippen molar-refractivity contribution in [2.45, 2.75) is 0 Å². The molecule has 7 heteroatoms. The number of nitrogens with zero attached hydrogens (tertiary/aromatic N) is 2. The molecule has 1 N–H and O–H groups in total. The lowest BCUT2D eigenvalue weighted by Gasteiger charge is -2.16. The van der Waals surface area contributed by atoms with Crippen LogP contribution in [0, 0.1) is 0 Å². The fraction of sp³-hybridized carbons (Fsp3) is 0. The van der Waals surface area contributed by atoms with Crippen LogP contribution in [0.1, 0.15) is 41.4 Å². The van der Waals surface area contributed by atoms with E-state index in [9.17, 15) is 19.2 Å². The van der Waals surface area contributed by atoms with Crippen LogP contribution < -0.4 is 15.1 Å². The predicted octanol–water partition coefficient (Wildman–Crippen LogP) is 5.03. The summed E-state index contributed by atoms with van der Waals surface area (Å²) in [5, 5.41) is 3.24. The third-order valence-electron chi connectivity index (χ3n) is 6.13. The van der Waals surface area contributed by atoms with Gasteiger partial charge in [0.1, 0.15) is 0 Å². The van der Waals surface area contributed by atoms with Gasteiger partial charge in [0, 0.05) is 11.4 Å². The summed E-state index contributed by atoms with van der Waals surface area (Å²) >= 11 is 0. The van der Waals surface area contributed by atoms with E-state index < -0.39 is 0 Å². The van der Waals surface area contributed by atoms with E-state index in [1.54, 1.807) is 97.1 Å². The third kappa shape index (κ3) is 3.21. The SMILES string of the molecule is O=C1c2ccccc2C(=O)N1c1ccc(Nc2ccc(N3C(=O)c4ccccc4C3=O)cc2)cc1. The molecule has 4 amide bonds. The van der Waals surface area contributed by atoms with Gasteiger partial charge in [-0.25, -0.2) is 9.80 Å². The lowest BCUT2D eigenvalue weighted by Crippen LogP contribution is -2.29. The summed E-state index contributed by atoms with van der Waals surface area (Å²) in [5.41, 5.74) is 4.08. The molecule has 4 aromatic rings. The summed E-state index contributed by atoms with van der Waals surface area (Å²) in [5.74, 6) is -1.35. The van der Waals surface area contributed by atoms with Gasteiger partial charge < -0.3 is 5.32 Å². The highest BCUT2D eigenvalue weighted by Gasteiger charge is 2.37. The molecule has 35 heavy (non-hydrogen) atoms. The minimum Gasteiger partial charge on any atom is -0.356 e. The van der Waals surface area contributed by atoms with Crippen molar-refractivity contribution in [1.82, 2.24) is 0 Å². The van der Waals surface area contributed by atoms with Crippen LogP contribution in [0.5, 0.6) is 0 Å². The zero-order chi connectivity index (χ0) is 24.1. The van der Waals surface area contributed by atoms with Crippen LogP contribution in [0.2, 0.25) is 0 Å². The van der Waals surface area contributed by atoms with Crippen LogP contribution in [0.25, 0.3) is 0 Å². The van der Waals surface area contributed by atoms with Crippen LogP contribution in [0.15, 0.2) is 97.1 Å². The Morgan fingerprint density at radius 2 is 0.686 bits per heavy atom. The summed E-state index contributed by atoms with van der Waals surface area (Å²) in [6.07, 6.45) is 0. The van der Waals surface area contributed by atoms with Crippen LogP contribution in [0.4, 0.5) is 22.7 Å². The first kappa shape index (κ1) is 20.6. The van der Waals surface area contributed by atoms with E-state index in [1.807, 2.05) is 0 Å². The summed E-state index contributed by atoms with van der Waals surface area (Å²) < 4.78 is 0. The molecule has 2 heterocycles. The molecule has 0 unspecified atom stereocenters. The van der Waals surface area contributed by atoms with Crippen LogP contribution >= 0.6 is 0 Å². The topological polar surface area (TPSA) is 86.8 Å². The van der Waals surface area contributed by atoms with Gasteiger partial charge in [0.2, 0.25) is 0 Å². The quantitative estimate of drug-likeness (QED) is 0.433. The second kappa shape index (κ2) is 7.78. The zero-order valence-electron chi connectivity index (χ0n) is 18.3. The molecular formula is C28H17N3O4. The summed E-state index contributed by atoms with van der Waals surface area (Å²) in [7, 11) is 0. The fourth-order valence-electron chi connectivity index (χ4n) is 4.40. The summed E-state index contributed by atoms with van der Waals surface area (Å²) in [6, 6.07) is 27.5. The highest BCUT2D eigenvalue weighted by atomic mass is 16.2. The Bertz CT molecular complexity index is 1350. The number of imide groups is 2. The minimum absolute atomic E-state index is 0.338. The number of rotatable bonds is 4. The lowest BCUT2D eigenvalue weighted by molar-refractivity contribution is 0.0910. The molecule has 6 rings (SSSR count). The molecule has 0 aromatic heterocycles. The van der Waals surface area contributed by atoms with Crippen molar-refractivity contribution >= 4 is 46.4 Å². The largest absolute Gasteiger partial charge is 0.356 e. The number of hydrogen-bond acceptors (Lipinski definition) is 5. The number of carbonyl (C=O) groups excluding carboxylic acids is 4. The van der Waals surface area contributed by atoms with Gasteiger partial charge >= 0.3 is 0 Å². The molecule has 0 atom stereocenters. The van der Waals surface area contributed by atoms with Gasteiger partial charge in [0.15, 0.2) is 0 Å². The van der Waals surface area contributed by atoms with Crippen molar-refractivity contribution < 1.29 is 19.2 Å². The normalized spacial score (nSPS) is 14.4. The Kier molecular flexibility index (Phi) is 4.57. The Hall–Kier alpha value is -5.04. The standard InChI is InChI=1S/C28H17N3O4/c32-25-21-5-1-2-6-22(21)26(33)30(25)19-13-9-17(10-14-19)29-18-11-15-20(16-12-18)31-27(34)23-7-3-4-8-24(23)28(31)35/h1-16,29H. The maximum Gasteiger partial charge on any atom is 0.266 e.